The van der Waals surface area contributed by atoms with Crippen LogP contribution in [0.5, 0.6) is 5.88 Å². The lowest BCUT2D eigenvalue weighted by Crippen LogP contribution is -2.46. The number of methoxy groups -OCH3 is 1. The lowest BCUT2D eigenvalue weighted by molar-refractivity contribution is -0.119. The number of hydrogen-bond acceptors (Lipinski definition) is 10. The number of nitrogens with zero attached hydrogens (tertiary/aromatic N) is 6. The number of thiazole rings is 1. The van der Waals surface area contributed by atoms with Crippen molar-refractivity contribution in [1.82, 2.24) is 24.9 Å². The topological polar surface area (TPSA) is 117 Å². The van der Waals surface area contributed by atoms with Crippen molar-refractivity contribution in [2.75, 3.05) is 38.6 Å². The molecular weight excluding hydrogens is 406 g/mol. The number of carbonyl (C=O) groups is 1. The number of nitrogens with one attached hydrogen (secondary N) is 1. The monoisotopic (exact) mass is 425 g/mol. The fourth-order valence-electron chi connectivity index (χ4n) is 3.14. The second-order valence-electron chi connectivity index (χ2n) is 6.58. The van der Waals surface area contributed by atoms with Crippen molar-refractivity contribution in [3.8, 4) is 11.9 Å². The Bertz CT molecular complexity index is 1090. The zero-order chi connectivity index (χ0) is 20.9. The molecule has 1 fully saturated rings. The number of benzene rings is 1. The number of amides is 1. The Morgan fingerprint density at radius 2 is 2.13 bits per heavy atom. The maximum atomic E-state index is 12.2. The minimum Gasteiger partial charge on any atom is -0.479 e. The second kappa shape index (κ2) is 9.00. The Kier molecular flexibility index (Phi) is 5.99. The van der Waals surface area contributed by atoms with Crippen LogP contribution >= 0.6 is 11.3 Å². The number of ether oxygens (including phenoxy) is 1. The highest BCUT2D eigenvalue weighted by atomic mass is 32.1. The molecule has 1 aliphatic heterocycles. The van der Waals surface area contributed by atoms with Gasteiger partial charge < -0.3 is 9.57 Å². The van der Waals surface area contributed by atoms with Gasteiger partial charge in [0.25, 0.3) is 0 Å². The van der Waals surface area contributed by atoms with E-state index in [1.807, 2.05) is 18.2 Å². The van der Waals surface area contributed by atoms with Gasteiger partial charge in [-0.25, -0.2) is 14.8 Å². The van der Waals surface area contributed by atoms with Gasteiger partial charge in [-0.15, -0.1) is 5.06 Å². The van der Waals surface area contributed by atoms with Gasteiger partial charge in [0.05, 0.1) is 18.7 Å². The summed E-state index contributed by atoms with van der Waals surface area (Å²) in [6, 6.07) is 9.75. The van der Waals surface area contributed by atoms with Crippen molar-refractivity contribution in [1.29, 1.82) is 5.26 Å². The van der Waals surface area contributed by atoms with Gasteiger partial charge in [0.1, 0.15) is 6.33 Å². The number of fused-ring (bicyclic) bond motifs is 1. The summed E-state index contributed by atoms with van der Waals surface area (Å²) in [5.74, 6) is 0.356. The van der Waals surface area contributed by atoms with Crippen molar-refractivity contribution in [2.24, 2.45) is 0 Å². The largest absolute Gasteiger partial charge is 0.479 e. The predicted molar refractivity (Wildman–Crippen MR) is 110 cm³/mol. The molecule has 0 saturated carbocycles. The highest BCUT2D eigenvalue weighted by Crippen LogP contribution is 2.28. The third-order valence-electron chi connectivity index (χ3n) is 4.57. The predicted octanol–water partition coefficient (Wildman–Crippen LogP) is 2.25. The van der Waals surface area contributed by atoms with Gasteiger partial charge in [-0.3, -0.25) is 10.2 Å². The summed E-state index contributed by atoms with van der Waals surface area (Å²) in [6.07, 6.45) is 0.786. The molecule has 4 rings (SSSR count). The van der Waals surface area contributed by atoms with E-state index in [0.717, 1.165) is 25.2 Å². The van der Waals surface area contributed by atoms with E-state index in [9.17, 15) is 4.79 Å². The van der Waals surface area contributed by atoms with Crippen LogP contribution in [0.2, 0.25) is 0 Å². The molecule has 1 aliphatic rings. The first kappa shape index (κ1) is 20.0. The first-order valence-corrected chi connectivity index (χ1v) is 10.1. The molecule has 1 aromatic carbocycles. The molecule has 154 valence electrons. The summed E-state index contributed by atoms with van der Waals surface area (Å²) >= 11 is 1.22. The molecule has 0 atom stereocenters. The van der Waals surface area contributed by atoms with Crippen LogP contribution in [0.4, 0.5) is 9.93 Å². The van der Waals surface area contributed by atoms with Crippen LogP contribution in [-0.2, 0) is 11.4 Å². The summed E-state index contributed by atoms with van der Waals surface area (Å²) in [4.78, 5) is 32.9. The van der Waals surface area contributed by atoms with Gasteiger partial charge >= 0.3 is 6.09 Å². The number of rotatable bonds is 5. The van der Waals surface area contributed by atoms with E-state index < -0.39 is 6.09 Å². The number of carbonyl (C=O) groups excluding carboxylic acids is 1. The van der Waals surface area contributed by atoms with Gasteiger partial charge in [0.15, 0.2) is 15.5 Å². The van der Waals surface area contributed by atoms with Crippen LogP contribution < -0.4 is 10.1 Å². The van der Waals surface area contributed by atoms with Crippen LogP contribution in [0, 0.1) is 11.3 Å². The van der Waals surface area contributed by atoms with Crippen LogP contribution in [0.3, 0.4) is 0 Å². The van der Waals surface area contributed by atoms with Gasteiger partial charge in [-0.1, -0.05) is 23.5 Å². The fraction of sp³-hybridized carbons (Fsp3) is 0.316. The molecule has 0 unspecified atom stereocenters. The number of anilines is 1. The molecule has 1 saturated heterocycles. The number of aromatic nitrogens is 3. The van der Waals surface area contributed by atoms with E-state index in [1.54, 1.807) is 11.1 Å². The quantitative estimate of drug-likeness (QED) is 0.657. The van der Waals surface area contributed by atoms with Gasteiger partial charge in [0, 0.05) is 32.7 Å². The molecule has 0 aliphatic carbocycles. The number of piperazine rings is 1. The minimum atomic E-state index is -0.601. The van der Waals surface area contributed by atoms with Crippen LogP contribution in [-0.4, -0.2) is 64.3 Å². The lowest BCUT2D eigenvalue weighted by atomic mass is 10.1. The number of nitriles is 1. The molecule has 2 aromatic heterocycles. The van der Waals surface area contributed by atoms with E-state index in [1.165, 1.54) is 24.8 Å². The molecule has 10 nitrogen and oxygen atoms in total. The maximum Gasteiger partial charge on any atom is 0.432 e. The summed E-state index contributed by atoms with van der Waals surface area (Å²) in [7, 11) is 1.50. The van der Waals surface area contributed by atoms with Crippen molar-refractivity contribution in [3.63, 3.8) is 0 Å². The zero-order valence-corrected chi connectivity index (χ0v) is 17.1. The van der Waals surface area contributed by atoms with E-state index in [4.69, 9.17) is 14.8 Å². The first-order chi connectivity index (χ1) is 14.6. The SMILES string of the molecule is COc1ncnc2sc(NC(=O)ON3CCN(Cc4cccc(C#N)c4)CC3)nc12. The summed E-state index contributed by atoms with van der Waals surface area (Å²) in [5, 5.41) is 13.6. The number of hydrogen-bond donors (Lipinski definition) is 1. The second-order valence-corrected chi connectivity index (χ2v) is 7.55. The minimum absolute atomic E-state index is 0.356. The zero-order valence-electron chi connectivity index (χ0n) is 16.2. The summed E-state index contributed by atoms with van der Waals surface area (Å²) in [6.45, 7) is 3.43. The van der Waals surface area contributed by atoms with Crippen LogP contribution in [0.1, 0.15) is 11.1 Å². The molecule has 3 heterocycles. The standard InChI is InChI=1S/C19H19N7O3S/c1-28-16-15-17(22-12-21-16)30-18(23-15)24-19(27)29-26-7-5-25(6-8-26)11-14-4-2-3-13(9-14)10-20/h2-4,9,12H,5-8,11H2,1H3,(H,23,24,27). The third-order valence-corrected chi connectivity index (χ3v) is 5.45. The molecule has 1 amide bonds. The van der Waals surface area contributed by atoms with Crippen LogP contribution in [0.15, 0.2) is 30.6 Å². The molecule has 0 spiro atoms. The van der Waals surface area contributed by atoms with Crippen LogP contribution in [0.25, 0.3) is 10.3 Å². The van der Waals surface area contributed by atoms with Crippen molar-refractivity contribution < 1.29 is 14.4 Å². The molecule has 0 radical (unpaired) electrons. The average Bonchev–Trinajstić information content (AvgIpc) is 3.17. The fourth-order valence-corrected chi connectivity index (χ4v) is 3.92. The maximum absolute atomic E-state index is 12.2. The molecular formula is C19H19N7O3S. The average molecular weight is 425 g/mol. The molecule has 30 heavy (non-hydrogen) atoms. The normalized spacial score (nSPS) is 14.9. The molecule has 3 aromatic rings. The highest BCUT2D eigenvalue weighted by molar-refractivity contribution is 7.22. The Hall–Kier alpha value is -3.33. The van der Waals surface area contributed by atoms with Crippen molar-refractivity contribution >= 4 is 32.9 Å². The summed E-state index contributed by atoms with van der Waals surface area (Å²) < 4.78 is 5.15. The van der Waals surface area contributed by atoms with E-state index in [2.05, 4.69) is 31.2 Å². The van der Waals surface area contributed by atoms with E-state index >= 15 is 0 Å². The molecule has 0 bridgehead atoms. The van der Waals surface area contributed by atoms with Crippen molar-refractivity contribution in [3.05, 3.63) is 41.7 Å². The Labute approximate surface area is 176 Å². The summed E-state index contributed by atoms with van der Waals surface area (Å²) in [5.41, 5.74) is 2.24. The highest BCUT2D eigenvalue weighted by Gasteiger charge is 2.21. The van der Waals surface area contributed by atoms with Gasteiger partial charge in [-0.2, -0.15) is 10.2 Å². The van der Waals surface area contributed by atoms with Gasteiger partial charge in [-0.05, 0) is 17.7 Å². The van der Waals surface area contributed by atoms with Crippen molar-refractivity contribution in [2.45, 2.75) is 6.54 Å². The van der Waals surface area contributed by atoms with E-state index in [0.29, 0.717) is 40.0 Å². The third kappa shape index (κ3) is 4.62. The van der Waals surface area contributed by atoms with Gasteiger partial charge in [0.2, 0.25) is 5.88 Å². The van der Waals surface area contributed by atoms with E-state index in [-0.39, 0.29) is 0 Å². The Morgan fingerprint density at radius 1 is 1.30 bits per heavy atom. The smallest absolute Gasteiger partial charge is 0.432 e. The first-order valence-electron chi connectivity index (χ1n) is 9.25. The molecule has 1 N–H and O–H groups in total. The lowest BCUT2D eigenvalue weighted by Gasteiger charge is -2.33. The molecule has 11 heteroatoms. The Balaban J connectivity index is 1.28. The number of hydroxylamine groups is 2. The Morgan fingerprint density at radius 3 is 2.90 bits per heavy atom.